The van der Waals surface area contributed by atoms with Crippen LogP contribution in [0.25, 0.3) is 22.3 Å². The van der Waals surface area contributed by atoms with Crippen LogP contribution in [0, 0.1) is 0 Å². The predicted molar refractivity (Wildman–Crippen MR) is 109 cm³/mol. The maximum Gasteiger partial charge on any atom is 0.155 e. The molecule has 0 aromatic carbocycles. The normalized spacial score (nSPS) is 19.6. The van der Waals surface area contributed by atoms with Gasteiger partial charge >= 0.3 is 0 Å². The molecule has 0 aliphatic carbocycles. The molecule has 1 aliphatic rings. The summed E-state index contributed by atoms with van der Waals surface area (Å²) in [6.07, 6.45) is 8.51. The summed E-state index contributed by atoms with van der Waals surface area (Å²) < 4.78 is 15.0. The first-order valence-electron chi connectivity index (χ1n) is 9.87. The highest BCUT2D eigenvalue weighted by Gasteiger charge is 2.31. The predicted octanol–water partition coefficient (Wildman–Crippen LogP) is 3.54. The van der Waals surface area contributed by atoms with Crippen molar-refractivity contribution in [1.29, 1.82) is 0 Å². The van der Waals surface area contributed by atoms with E-state index in [1.165, 1.54) is 0 Å². The summed E-state index contributed by atoms with van der Waals surface area (Å²) in [5.41, 5.74) is 2.81. The van der Waals surface area contributed by atoms with E-state index in [1.54, 1.807) is 12.4 Å². The van der Waals surface area contributed by atoms with Crippen LogP contribution in [0.4, 0.5) is 10.2 Å². The minimum absolute atomic E-state index is 0.190. The van der Waals surface area contributed by atoms with Crippen molar-refractivity contribution in [2.45, 2.75) is 38.3 Å². The van der Waals surface area contributed by atoms with Gasteiger partial charge in [-0.1, -0.05) is 13.3 Å². The molecule has 6 nitrogen and oxygen atoms in total. The molecule has 1 fully saturated rings. The van der Waals surface area contributed by atoms with Crippen molar-refractivity contribution >= 4 is 16.9 Å². The number of hydrogen-bond acceptors (Lipinski definition) is 6. The summed E-state index contributed by atoms with van der Waals surface area (Å²) in [6.45, 7) is 3.55. The first-order chi connectivity index (χ1) is 13.7. The van der Waals surface area contributed by atoms with Gasteiger partial charge in [0.1, 0.15) is 11.2 Å². The van der Waals surface area contributed by atoms with Crippen molar-refractivity contribution in [2.24, 2.45) is 0 Å². The van der Waals surface area contributed by atoms with E-state index in [-0.39, 0.29) is 6.54 Å². The van der Waals surface area contributed by atoms with Crippen molar-refractivity contribution in [1.82, 2.24) is 25.3 Å². The number of fused-ring (bicyclic) bond motifs is 1. The summed E-state index contributed by atoms with van der Waals surface area (Å²) in [6, 6.07) is 5.95. The third-order valence-corrected chi connectivity index (χ3v) is 5.08. The van der Waals surface area contributed by atoms with Crippen LogP contribution < -0.4 is 10.6 Å². The van der Waals surface area contributed by atoms with E-state index in [2.05, 4.69) is 32.5 Å². The molecule has 0 spiro atoms. The van der Waals surface area contributed by atoms with Gasteiger partial charge in [0.15, 0.2) is 5.82 Å². The SMILES string of the molecule is CCCc1ccc(-c2cc3nccnc3c(NCC3(F)CCCNC3)n2)cn1. The summed E-state index contributed by atoms with van der Waals surface area (Å²) in [7, 11) is 0. The average molecular weight is 380 g/mol. The highest BCUT2D eigenvalue weighted by molar-refractivity contribution is 5.88. The Morgan fingerprint density at radius 1 is 1.21 bits per heavy atom. The number of aromatic nitrogens is 4. The van der Waals surface area contributed by atoms with Crippen LogP contribution in [0.1, 0.15) is 31.9 Å². The highest BCUT2D eigenvalue weighted by atomic mass is 19.1. The Kier molecular flexibility index (Phi) is 5.43. The molecule has 4 rings (SSSR count). The number of nitrogens with zero attached hydrogens (tertiary/aromatic N) is 4. The van der Waals surface area contributed by atoms with Gasteiger partial charge in [0.2, 0.25) is 0 Å². The van der Waals surface area contributed by atoms with Gasteiger partial charge in [-0.2, -0.15) is 0 Å². The Bertz CT molecular complexity index is 937. The Morgan fingerprint density at radius 2 is 2.11 bits per heavy atom. The molecule has 2 N–H and O–H groups in total. The number of piperidine rings is 1. The van der Waals surface area contributed by atoms with Gasteiger partial charge in [0, 0.05) is 36.4 Å². The number of rotatable bonds is 6. The molecule has 3 aromatic rings. The number of anilines is 1. The van der Waals surface area contributed by atoms with E-state index >= 15 is 0 Å². The molecule has 1 aliphatic heterocycles. The van der Waals surface area contributed by atoms with Gasteiger partial charge < -0.3 is 10.6 Å². The number of aryl methyl sites for hydroxylation is 1. The summed E-state index contributed by atoms with van der Waals surface area (Å²) in [5.74, 6) is 0.556. The van der Waals surface area contributed by atoms with Crippen LogP contribution in [0.15, 0.2) is 36.8 Å². The molecule has 0 radical (unpaired) electrons. The van der Waals surface area contributed by atoms with E-state index in [9.17, 15) is 4.39 Å². The largest absolute Gasteiger partial charge is 0.365 e. The number of nitrogens with one attached hydrogen (secondary N) is 2. The van der Waals surface area contributed by atoms with Gasteiger partial charge in [-0.25, -0.2) is 14.4 Å². The fourth-order valence-electron chi connectivity index (χ4n) is 3.55. The van der Waals surface area contributed by atoms with Crippen molar-refractivity contribution < 1.29 is 4.39 Å². The van der Waals surface area contributed by atoms with Crippen molar-refractivity contribution in [3.05, 3.63) is 42.5 Å². The lowest BCUT2D eigenvalue weighted by Gasteiger charge is -2.30. The minimum atomic E-state index is -1.28. The van der Waals surface area contributed by atoms with Crippen LogP contribution in [-0.4, -0.2) is 45.2 Å². The standard InChI is InChI=1S/C21H25FN6/c1-2-4-16-6-5-15(12-26-16)17-11-18-19(25-10-9-24-18)20(28-17)27-14-21(22)7-3-8-23-13-21/h5-6,9-12,23H,2-4,7-8,13-14H2,1H3,(H,27,28). The lowest BCUT2D eigenvalue weighted by molar-refractivity contribution is 0.137. The fraction of sp³-hybridized carbons (Fsp3) is 0.429. The van der Waals surface area contributed by atoms with Gasteiger partial charge in [-0.15, -0.1) is 0 Å². The molecule has 146 valence electrons. The molecule has 4 heterocycles. The van der Waals surface area contributed by atoms with Gasteiger partial charge in [0.25, 0.3) is 0 Å². The third kappa shape index (κ3) is 4.09. The van der Waals surface area contributed by atoms with E-state index in [4.69, 9.17) is 4.98 Å². The second-order valence-electron chi connectivity index (χ2n) is 7.35. The Balaban J connectivity index is 1.65. The molecule has 28 heavy (non-hydrogen) atoms. The number of alkyl halides is 1. The van der Waals surface area contributed by atoms with Crippen LogP contribution in [0.2, 0.25) is 0 Å². The zero-order valence-electron chi connectivity index (χ0n) is 16.1. The second kappa shape index (κ2) is 8.14. The Hall–Kier alpha value is -2.67. The Labute approximate surface area is 164 Å². The molecule has 0 amide bonds. The molecule has 1 atom stereocenters. The van der Waals surface area contributed by atoms with Crippen molar-refractivity contribution in [3.63, 3.8) is 0 Å². The Morgan fingerprint density at radius 3 is 2.86 bits per heavy atom. The number of hydrogen-bond donors (Lipinski definition) is 2. The maximum atomic E-state index is 15.0. The average Bonchev–Trinajstić information content (AvgIpc) is 2.73. The molecule has 7 heteroatoms. The van der Waals surface area contributed by atoms with E-state index in [0.717, 1.165) is 48.3 Å². The summed E-state index contributed by atoms with van der Waals surface area (Å²) >= 11 is 0. The van der Waals surface area contributed by atoms with E-state index < -0.39 is 5.67 Å². The third-order valence-electron chi connectivity index (χ3n) is 5.08. The van der Waals surface area contributed by atoms with E-state index in [0.29, 0.717) is 24.3 Å². The molecule has 0 bridgehead atoms. The fourth-order valence-corrected chi connectivity index (χ4v) is 3.55. The zero-order valence-corrected chi connectivity index (χ0v) is 16.1. The minimum Gasteiger partial charge on any atom is -0.365 e. The molecular formula is C21H25FN6. The van der Waals surface area contributed by atoms with Gasteiger partial charge in [-0.05, 0) is 44.0 Å². The second-order valence-corrected chi connectivity index (χ2v) is 7.35. The van der Waals surface area contributed by atoms with E-state index in [1.807, 2.05) is 24.4 Å². The molecule has 3 aromatic heterocycles. The van der Waals surface area contributed by atoms with Crippen molar-refractivity contribution in [3.8, 4) is 11.3 Å². The first-order valence-corrected chi connectivity index (χ1v) is 9.87. The van der Waals surface area contributed by atoms with Gasteiger partial charge in [-0.3, -0.25) is 9.97 Å². The topological polar surface area (TPSA) is 75.6 Å². The molecule has 1 saturated heterocycles. The monoisotopic (exact) mass is 380 g/mol. The van der Waals surface area contributed by atoms with Crippen LogP contribution in [0.3, 0.4) is 0 Å². The van der Waals surface area contributed by atoms with Gasteiger partial charge in [0.05, 0.1) is 17.8 Å². The molecular weight excluding hydrogens is 355 g/mol. The maximum absolute atomic E-state index is 15.0. The first kappa shape index (κ1) is 18.7. The smallest absolute Gasteiger partial charge is 0.155 e. The van der Waals surface area contributed by atoms with Crippen LogP contribution in [-0.2, 0) is 6.42 Å². The van der Waals surface area contributed by atoms with Crippen LogP contribution >= 0.6 is 0 Å². The number of pyridine rings is 2. The quantitative estimate of drug-likeness (QED) is 0.681. The number of halogens is 1. The summed E-state index contributed by atoms with van der Waals surface area (Å²) in [4.78, 5) is 18.1. The van der Waals surface area contributed by atoms with Crippen LogP contribution in [0.5, 0.6) is 0 Å². The lowest BCUT2D eigenvalue weighted by Crippen LogP contribution is -2.46. The summed E-state index contributed by atoms with van der Waals surface area (Å²) in [5, 5.41) is 6.32. The lowest BCUT2D eigenvalue weighted by atomic mass is 9.96. The highest BCUT2D eigenvalue weighted by Crippen LogP contribution is 2.27. The van der Waals surface area contributed by atoms with Crippen molar-refractivity contribution in [2.75, 3.05) is 25.0 Å². The molecule has 1 unspecified atom stereocenters. The molecule has 0 saturated carbocycles. The zero-order chi connectivity index (χ0) is 19.4.